The Kier molecular flexibility index (Phi) is 12.4. The van der Waals surface area contributed by atoms with E-state index in [9.17, 15) is 18.0 Å². The number of anilines is 1. The number of nitrogens with zero attached hydrogens (tertiary/aromatic N) is 2. The highest BCUT2D eigenvalue weighted by molar-refractivity contribution is 7.92. The summed E-state index contributed by atoms with van der Waals surface area (Å²) in [5.74, 6) is 0.0362. The van der Waals surface area contributed by atoms with E-state index in [4.69, 9.17) is 16.3 Å². The van der Waals surface area contributed by atoms with Gasteiger partial charge in [0, 0.05) is 30.6 Å². The predicted octanol–water partition coefficient (Wildman–Crippen LogP) is 5.01. The summed E-state index contributed by atoms with van der Waals surface area (Å²) in [5.41, 5.74) is 1.28. The lowest BCUT2D eigenvalue weighted by atomic mass is 10.1. The van der Waals surface area contributed by atoms with Crippen LogP contribution in [-0.4, -0.2) is 56.6 Å². The summed E-state index contributed by atoms with van der Waals surface area (Å²) in [5, 5.41) is 3.57. The van der Waals surface area contributed by atoms with Crippen molar-refractivity contribution >= 4 is 39.1 Å². The molecule has 0 spiro atoms. The molecule has 0 bridgehead atoms. The number of amides is 2. The maximum absolute atomic E-state index is 13.5. The first-order chi connectivity index (χ1) is 18.0. The number of carbonyl (C=O) groups is 2. The molecule has 0 aliphatic heterocycles. The number of halogens is 1. The monoisotopic (exact) mass is 565 g/mol. The molecule has 1 N–H and O–H groups in total. The standard InChI is InChI=1S/C28H40ClN3O5S/c1-6-21(4)30-28(34)24(7-2)31(20-22-15-17-23(29)18-16-22)27(33)14-11-19-32(38(5,35)36)25-12-9-10-13-26(25)37-8-3/h9-10,12-13,15-18,21,24H,6-8,11,14,19-20H2,1-5H3,(H,30,34). The molecule has 0 fully saturated rings. The zero-order chi connectivity index (χ0) is 28.3. The fourth-order valence-corrected chi connectivity index (χ4v) is 5.17. The number of carbonyl (C=O) groups excluding carboxylic acids is 2. The zero-order valence-electron chi connectivity index (χ0n) is 22.9. The van der Waals surface area contributed by atoms with E-state index in [1.54, 1.807) is 41.3 Å². The molecule has 210 valence electrons. The van der Waals surface area contributed by atoms with Crippen LogP contribution in [0, 0.1) is 0 Å². The summed E-state index contributed by atoms with van der Waals surface area (Å²) in [4.78, 5) is 28.2. The topological polar surface area (TPSA) is 96.0 Å². The normalized spacial score (nSPS) is 12.9. The van der Waals surface area contributed by atoms with Crippen LogP contribution in [0.15, 0.2) is 48.5 Å². The second-order valence-electron chi connectivity index (χ2n) is 9.23. The van der Waals surface area contributed by atoms with Gasteiger partial charge in [-0.25, -0.2) is 8.42 Å². The Morgan fingerprint density at radius 2 is 1.68 bits per heavy atom. The van der Waals surface area contributed by atoms with Crippen molar-refractivity contribution in [3.05, 3.63) is 59.1 Å². The van der Waals surface area contributed by atoms with E-state index in [2.05, 4.69) is 5.32 Å². The van der Waals surface area contributed by atoms with E-state index in [1.807, 2.05) is 39.8 Å². The average molecular weight is 566 g/mol. The molecule has 0 aliphatic rings. The van der Waals surface area contributed by atoms with Gasteiger partial charge in [0.15, 0.2) is 0 Å². The highest BCUT2D eigenvalue weighted by Gasteiger charge is 2.29. The van der Waals surface area contributed by atoms with Crippen molar-refractivity contribution in [1.29, 1.82) is 0 Å². The van der Waals surface area contributed by atoms with Crippen LogP contribution in [-0.2, 0) is 26.2 Å². The van der Waals surface area contributed by atoms with Gasteiger partial charge < -0.3 is 15.0 Å². The smallest absolute Gasteiger partial charge is 0.243 e. The van der Waals surface area contributed by atoms with E-state index in [-0.39, 0.29) is 43.8 Å². The molecule has 2 aromatic rings. The van der Waals surface area contributed by atoms with Crippen molar-refractivity contribution < 1.29 is 22.7 Å². The van der Waals surface area contributed by atoms with Gasteiger partial charge in [-0.15, -0.1) is 0 Å². The van der Waals surface area contributed by atoms with Gasteiger partial charge in [0.25, 0.3) is 0 Å². The van der Waals surface area contributed by atoms with Crippen LogP contribution >= 0.6 is 11.6 Å². The largest absolute Gasteiger partial charge is 0.492 e. The summed E-state index contributed by atoms with van der Waals surface area (Å²) in [6.07, 6.45) is 2.70. The lowest BCUT2D eigenvalue weighted by Gasteiger charge is -2.32. The fourth-order valence-electron chi connectivity index (χ4n) is 4.07. The minimum atomic E-state index is -3.63. The van der Waals surface area contributed by atoms with Gasteiger partial charge in [-0.05, 0) is 62.9 Å². The minimum absolute atomic E-state index is 0.0160. The van der Waals surface area contributed by atoms with Crippen molar-refractivity contribution in [3.8, 4) is 5.75 Å². The van der Waals surface area contributed by atoms with E-state index >= 15 is 0 Å². The summed E-state index contributed by atoms with van der Waals surface area (Å²) in [6, 6.07) is 13.4. The molecule has 2 amide bonds. The number of sulfonamides is 1. The molecule has 0 saturated carbocycles. The van der Waals surface area contributed by atoms with Gasteiger partial charge in [0.1, 0.15) is 11.8 Å². The zero-order valence-corrected chi connectivity index (χ0v) is 24.5. The van der Waals surface area contributed by atoms with Crippen molar-refractivity contribution in [2.75, 3.05) is 23.7 Å². The SMILES string of the molecule is CCOc1ccccc1N(CCCC(=O)N(Cc1ccc(Cl)cc1)C(CC)C(=O)NC(C)CC)S(C)(=O)=O. The molecule has 10 heteroatoms. The van der Waals surface area contributed by atoms with Crippen LogP contribution in [0.1, 0.15) is 58.9 Å². The van der Waals surface area contributed by atoms with Gasteiger partial charge in [-0.1, -0.05) is 49.7 Å². The molecular weight excluding hydrogens is 526 g/mol. The molecule has 2 atom stereocenters. The molecule has 0 aromatic heterocycles. The van der Waals surface area contributed by atoms with E-state index in [0.29, 0.717) is 29.5 Å². The number of nitrogens with one attached hydrogen (secondary N) is 1. The molecule has 2 unspecified atom stereocenters. The van der Waals surface area contributed by atoms with Gasteiger partial charge in [-0.3, -0.25) is 13.9 Å². The van der Waals surface area contributed by atoms with Crippen molar-refractivity contribution in [1.82, 2.24) is 10.2 Å². The Bertz CT molecular complexity index is 1160. The van der Waals surface area contributed by atoms with E-state index < -0.39 is 16.1 Å². The third-order valence-electron chi connectivity index (χ3n) is 6.24. The first-order valence-electron chi connectivity index (χ1n) is 13.1. The summed E-state index contributed by atoms with van der Waals surface area (Å²) >= 11 is 6.03. The predicted molar refractivity (Wildman–Crippen MR) is 153 cm³/mol. The van der Waals surface area contributed by atoms with Crippen LogP contribution in [0.4, 0.5) is 5.69 Å². The Labute approximate surface area is 232 Å². The molecule has 0 aliphatic carbocycles. The molecule has 2 aromatic carbocycles. The summed E-state index contributed by atoms with van der Waals surface area (Å²) in [6.45, 7) is 8.35. The highest BCUT2D eigenvalue weighted by atomic mass is 35.5. The first kappa shape index (κ1) is 31.4. The maximum Gasteiger partial charge on any atom is 0.243 e. The third-order valence-corrected chi connectivity index (χ3v) is 7.67. The Morgan fingerprint density at radius 3 is 2.26 bits per heavy atom. The van der Waals surface area contributed by atoms with Gasteiger partial charge in [-0.2, -0.15) is 0 Å². The molecule has 2 rings (SSSR count). The van der Waals surface area contributed by atoms with Gasteiger partial charge in [0.2, 0.25) is 21.8 Å². The quantitative estimate of drug-likeness (QED) is 0.327. The van der Waals surface area contributed by atoms with Gasteiger partial charge >= 0.3 is 0 Å². The van der Waals surface area contributed by atoms with Crippen molar-refractivity contribution in [2.24, 2.45) is 0 Å². The lowest BCUT2D eigenvalue weighted by Crippen LogP contribution is -2.50. The number of benzene rings is 2. The minimum Gasteiger partial charge on any atom is -0.492 e. The maximum atomic E-state index is 13.5. The molecule has 8 nitrogen and oxygen atoms in total. The Morgan fingerprint density at radius 1 is 1.03 bits per heavy atom. The summed E-state index contributed by atoms with van der Waals surface area (Å²) in [7, 11) is -3.63. The highest BCUT2D eigenvalue weighted by Crippen LogP contribution is 2.30. The van der Waals surface area contributed by atoms with E-state index in [0.717, 1.165) is 18.2 Å². The molecule has 0 radical (unpaired) electrons. The van der Waals surface area contributed by atoms with Crippen LogP contribution in [0.2, 0.25) is 5.02 Å². The van der Waals surface area contributed by atoms with Crippen LogP contribution in [0.25, 0.3) is 0 Å². The lowest BCUT2D eigenvalue weighted by molar-refractivity contribution is -0.141. The Balaban J connectivity index is 2.25. The Hall–Kier alpha value is -2.78. The van der Waals surface area contributed by atoms with Crippen LogP contribution in [0.5, 0.6) is 5.75 Å². The fraction of sp³-hybridized carbons (Fsp3) is 0.500. The van der Waals surface area contributed by atoms with Crippen molar-refractivity contribution in [3.63, 3.8) is 0 Å². The number of hydrogen-bond acceptors (Lipinski definition) is 5. The second-order valence-corrected chi connectivity index (χ2v) is 11.6. The van der Waals surface area contributed by atoms with Crippen LogP contribution < -0.4 is 14.4 Å². The number of para-hydroxylation sites is 2. The first-order valence-corrected chi connectivity index (χ1v) is 15.3. The molecule has 38 heavy (non-hydrogen) atoms. The number of hydrogen-bond donors (Lipinski definition) is 1. The van der Waals surface area contributed by atoms with Crippen LogP contribution in [0.3, 0.4) is 0 Å². The molecule has 0 saturated heterocycles. The molecular formula is C28H40ClN3O5S. The molecule has 0 heterocycles. The second kappa shape index (κ2) is 15.0. The van der Waals surface area contributed by atoms with Crippen molar-refractivity contribution in [2.45, 2.75) is 72.0 Å². The van der Waals surface area contributed by atoms with E-state index in [1.165, 1.54) is 4.31 Å². The number of ether oxygens (including phenoxy) is 1. The number of rotatable bonds is 15. The average Bonchev–Trinajstić information content (AvgIpc) is 2.87. The summed E-state index contributed by atoms with van der Waals surface area (Å²) < 4.78 is 32.2. The van der Waals surface area contributed by atoms with Gasteiger partial charge in [0.05, 0.1) is 18.6 Å². The third kappa shape index (κ3) is 9.20.